The number of hydrogen-bond acceptors (Lipinski definition) is 7. The summed E-state index contributed by atoms with van der Waals surface area (Å²) in [5.74, 6) is -0.595. The van der Waals surface area contributed by atoms with Gasteiger partial charge in [0, 0.05) is 37.3 Å². The minimum absolute atomic E-state index is 0.0401. The summed E-state index contributed by atoms with van der Waals surface area (Å²) in [6.45, 7) is 2.62. The average Bonchev–Trinajstić information content (AvgIpc) is 2.83. The van der Waals surface area contributed by atoms with E-state index in [2.05, 4.69) is 20.2 Å². The molecule has 3 aromatic rings. The van der Waals surface area contributed by atoms with Crippen molar-refractivity contribution in [3.8, 4) is 11.5 Å². The number of piperidine rings is 1. The predicted molar refractivity (Wildman–Crippen MR) is 120 cm³/mol. The Morgan fingerprint density at radius 3 is 2.52 bits per heavy atom. The zero-order valence-corrected chi connectivity index (χ0v) is 18.4. The molecule has 2 heterocycles. The van der Waals surface area contributed by atoms with E-state index in [1.807, 2.05) is 24.3 Å². The number of anilines is 3. The number of ether oxygens (including phenoxy) is 2. The van der Waals surface area contributed by atoms with Gasteiger partial charge in [0.05, 0.1) is 25.1 Å². The predicted octanol–water partition coefficient (Wildman–Crippen LogP) is 4.56. The molecule has 1 saturated heterocycles. The average molecular weight is 454 g/mol. The number of ketones is 1. The van der Waals surface area contributed by atoms with Crippen molar-refractivity contribution in [2.45, 2.75) is 26.4 Å². The highest BCUT2D eigenvalue weighted by Gasteiger charge is 2.18. The fourth-order valence-electron chi connectivity index (χ4n) is 3.62. The molecule has 172 valence electrons. The van der Waals surface area contributed by atoms with Gasteiger partial charge in [0.1, 0.15) is 18.2 Å². The summed E-state index contributed by atoms with van der Waals surface area (Å²) in [5.41, 5.74) is 1.87. The standard InChI is InChI=1S/C24H24F2N4O3/c1-15-10-21(32-2)23(26)20(22(15)25)14-33-19-12-27-24(28-13-19)29-16-4-3-5-17(11-16)30-8-6-18(31)7-9-30/h3-5,10-13H,6-9,14H2,1-2H3,(H,27,28,29). The number of rotatable bonds is 7. The van der Waals surface area contributed by atoms with Crippen molar-refractivity contribution >= 4 is 23.1 Å². The molecular formula is C24H24F2N4O3. The molecule has 0 aliphatic carbocycles. The van der Waals surface area contributed by atoms with Gasteiger partial charge in [0.15, 0.2) is 17.3 Å². The van der Waals surface area contributed by atoms with Gasteiger partial charge in [0.2, 0.25) is 5.95 Å². The number of aromatic nitrogens is 2. The van der Waals surface area contributed by atoms with Crippen molar-refractivity contribution in [1.29, 1.82) is 0 Å². The number of methoxy groups -OCH3 is 1. The largest absolute Gasteiger partial charge is 0.494 e. The highest BCUT2D eigenvalue weighted by molar-refractivity contribution is 5.81. The number of Topliss-reactive ketones (excluding diaryl/α,β-unsaturated/α-hetero) is 1. The van der Waals surface area contributed by atoms with E-state index in [9.17, 15) is 13.6 Å². The Morgan fingerprint density at radius 1 is 1.09 bits per heavy atom. The van der Waals surface area contributed by atoms with E-state index < -0.39 is 11.6 Å². The molecule has 0 spiro atoms. The van der Waals surface area contributed by atoms with Crippen LogP contribution in [0, 0.1) is 18.6 Å². The maximum atomic E-state index is 14.4. The highest BCUT2D eigenvalue weighted by Crippen LogP contribution is 2.28. The lowest BCUT2D eigenvalue weighted by atomic mass is 10.1. The Kier molecular flexibility index (Phi) is 6.67. The summed E-state index contributed by atoms with van der Waals surface area (Å²) < 4.78 is 39.2. The molecule has 1 N–H and O–H groups in total. The number of hydrogen-bond donors (Lipinski definition) is 1. The number of carbonyl (C=O) groups excluding carboxylic acids is 1. The van der Waals surface area contributed by atoms with Gasteiger partial charge in [-0.1, -0.05) is 6.07 Å². The number of nitrogens with zero attached hydrogens (tertiary/aromatic N) is 3. The number of halogens is 2. The molecule has 0 amide bonds. The summed E-state index contributed by atoms with van der Waals surface area (Å²) in [7, 11) is 1.32. The third-order valence-electron chi connectivity index (χ3n) is 5.46. The quantitative estimate of drug-likeness (QED) is 0.561. The molecule has 1 fully saturated rings. The van der Waals surface area contributed by atoms with Gasteiger partial charge in [-0.3, -0.25) is 4.79 Å². The molecular weight excluding hydrogens is 430 g/mol. The number of nitrogens with one attached hydrogen (secondary N) is 1. The van der Waals surface area contributed by atoms with Gasteiger partial charge < -0.3 is 19.7 Å². The Balaban J connectivity index is 1.40. The second-order valence-corrected chi connectivity index (χ2v) is 7.73. The van der Waals surface area contributed by atoms with E-state index >= 15 is 0 Å². The van der Waals surface area contributed by atoms with E-state index in [4.69, 9.17) is 9.47 Å². The summed E-state index contributed by atoms with van der Waals surface area (Å²) in [4.78, 5) is 22.1. The van der Waals surface area contributed by atoms with Crippen LogP contribution < -0.4 is 19.7 Å². The van der Waals surface area contributed by atoms with Gasteiger partial charge in [0.25, 0.3) is 0 Å². The lowest BCUT2D eigenvalue weighted by molar-refractivity contribution is -0.119. The smallest absolute Gasteiger partial charge is 0.227 e. The minimum Gasteiger partial charge on any atom is -0.494 e. The number of carbonyl (C=O) groups is 1. The second kappa shape index (κ2) is 9.81. The highest BCUT2D eigenvalue weighted by atomic mass is 19.1. The van der Waals surface area contributed by atoms with Crippen molar-refractivity contribution in [1.82, 2.24) is 9.97 Å². The summed E-state index contributed by atoms with van der Waals surface area (Å²) in [5, 5.41) is 3.13. The first-order valence-corrected chi connectivity index (χ1v) is 10.5. The van der Waals surface area contributed by atoms with Crippen LogP contribution in [0.1, 0.15) is 24.0 Å². The first-order chi connectivity index (χ1) is 15.9. The van der Waals surface area contributed by atoms with Gasteiger partial charge in [-0.25, -0.2) is 18.7 Å². The molecule has 1 aliphatic heterocycles. The van der Waals surface area contributed by atoms with E-state index in [-0.39, 0.29) is 29.2 Å². The first-order valence-electron chi connectivity index (χ1n) is 10.5. The zero-order valence-electron chi connectivity index (χ0n) is 18.4. The molecule has 9 heteroatoms. The molecule has 0 atom stereocenters. The van der Waals surface area contributed by atoms with Crippen LogP contribution >= 0.6 is 0 Å². The van der Waals surface area contributed by atoms with Crippen molar-refractivity contribution in [2.75, 3.05) is 30.4 Å². The number of benzene rings is 2. The van der Waals surface area contributed by atoms with Gasteiger partial charge in [-0.2, -0.15) is 0 Å². The van der Waals surface area contributed by atoms with Crippen molar-refractivity contribution < 1.29 is 23.0 Å². The van der Waals surface area contributed by atoms with E-state index in [1.54, 1.807) is 0 Å². The summed E-state index contributed by atoms with van der Waals surface area (Å²) in [6.07, 6.45) is 3.98. The van der Waals surface area contributed by atoms with Gasteiger partial charge in [-0.15, -0.1) is 0 Å². The minimum atomic E-state index is -0.794. The lowest BCUT2D eigenvalue weighted by Gasteiger charge is -2.28. The van der Waals surface area contributed by atoms with Crippen LogP contribution in [0.15, 0.2) is 42.7 Å². The molecule has 0 saturated carbocycles. The summed E-state index contributed by atoms with van der Waals surface area (Å²) in [6, 6.07) is 9.09. The Labute approximate surface area is 190 Å². The Bertz CT molecular complexity index is 1150. The molecule has 0 radical (unpaired) electrons. The van der Waals surface area contributed by atoms with Crippen molar-refractivity contribution in [3.63, 3.8) is 0 Å². The Hall–Kier alpha value is -3.75. The topological polar surface area (TPSA) is 76.6 Å². The molecule has 0 unspecified atom stereocenters. The molecule has 2 aromatic carbocycles. The maximum Gasteiger partial charge on any atom is 0.227 e. The summed E-state index contributed by atoms with van der Waals surface area (Å²) >= 11 is 0. The van der Waals surface area contributed by atoms with Crippen molar-refractivity contribution in [2.24, 2.45) is 0 Å². The van der Waals surface area contributed by atoms with Crippen molar-refractivity contribution in [3.05, 3.63) is 65.5 Å². The van der Waals surface area contributed by atoms with E-state index in [1.165, 1.54) is 32.5 Å². The van der Waals surface area contributed by atoms with Gasteiger partial charge in [-0.05, 0) is 36.8 Å². The van der Waals surface area contributed by atoms with Crippen LogP contribution in [-0.2, 0) is 11.4 Å². The van der Waals surface area contributed by atoms with Crippen LogP contribution in [0.4, 0.5) is 26.1 Å². The Morgan fingerprint density at radius 2 is 1.82 bits per heavy atom. The fraction of sp³-hybridized carbons (Fsp3) is 0.292. The molecule has 0 bridgehead atoms. The first kappa shape index (κ1) is 22.4. The van der Waals surface area contributed by atoms with Crippen LogP contribution in [0.25, 0.3) is 0 Å². The fourth-order valence-corrected chi connectivity index (χ4v) is 3.62. The SMILES string of the molecule is COc1cc(C)c(F)c(COc2cnc(Nc3cccc(N4CCC(=O)CC4)c3)nc2)c1F. The molecule has 1 aromatic heterocycles. The van der Waals surface area contributed by atoms with Crippen LogP contribution in [0.2, 0.25) is 0 Å². The molecule has 33 heavy (non-hydrogen) atoms. The van der Waals surface area contributed by atoms with E-state index in [0.717, 1.165) is 11.4 Å². The van der Waals surface area contributed by atoms with Crippen LogP contribution in [0.3, 0.4) is 0 Å². The second-order valence-electron chi connectivity index (χ2n) is 7.73. The molecule has 7 nitrogen and oxygen atoms in total. The monoisotopic (exact) mass is 454 g/mol. The van der Waals surface area contributed by atoms with Gasteiger partial charge >= 0.3 is 0 Å². The normalized spacial score (nSPS) is 13.7. The third-order valence-corrected chi connectivity index (χ3v) is 5.46. The lowest BCUT2D eigenvalue weighted by Crippen LogP contribution is -2.33. The zero-order chi connectivity index (χ0) is 23.4. The third kappa shape index (κ3) is 5.19. The van der Waals surface area contributed by atoms with E-state index in [0.29, 0.717) is 37.7 Å². The maximum absolute atomic E-state index is 14.4. The number of aryl methyl sites for hydroxylation is 1. The van der Waals surface area contributed by atoms with Crippen LogP contribution in [-0.4, -0.2) is 36.0 Å². The van der Waals surface area contributed by atoms with Crippen LogP contribution in [0.5, 0.6) is 11.5 Å². The molecule has 4 rings (SSSR count). The molecule has 1 aliphatic rings.